The minimum atomic E-state index is -0.505. The van der Waals surface area contributed by atoms with Crippen LogP contribution in [0.1, 0.15) is 17.3 Å². The van der Waals surface area contributed by atoms with Crippen molar-refractivity contribution in [3.8, 4) is 0 Å². The van der Waals surface area contributed by atoms with E-state index in [1.54, 1.807) is 31.3 Å². The van der Waals surface area contributed by atoms with Crippen molar-refractivity contribution in [3.63, 3.8) is 0 Å². The molecular formula is C19H18N2O5S. The number of amides is 1. The maximum absolute atomic E-state index is 12.4. The van der Waals surface area contributed by atoms with Crippen molar-refractivity contribution >= 4 is 40.5 Å². The second-order valence-electron chi connectivity index (χ2n) is 5.59. The molecule has 7 nitrogen and oxygen atoms in total. The number of fused-ring (bicyclic) bond motifs is 1. The molecule has 0 saturated carbocycles. The predicted molar refractivity (Wildman–Crippen MR) is 101 cm³/mol. The van der Waals surface area contributed by atoms with Crippen molar-refractivity contribution < 1.29 is 23.9 Å². The zero-order valence-corrected chi connectivity index (χ0v) is 15.5. The van der Waals surface area contributed by atoms with E-state index in [2.05, 4.69) is 4.98 Å². The van der Waals surface area contributed by atoms with Crippen LogP contribution >= 0.6 is 11.8 Å². The molecule has 0 N–H and O–H groups in total. The molecule has 0 aliphatic carbocycles. The minimum Gasteiger partial charge on any atom is -0.463 e. The number of carbonyl (C=O) groups is 3. The molecule has 1 aliphatic heterocycles. The van der Waals surface area contributed by atoms with Gasteiger partial charge < -0.3 is 14.4 Å². The molecule has 0 radical (unpaired) electrons. The maximum atomic E-state index is 12.4. The normalized spacial score (nSPS) is 15.4. The predicted octanol–water partition coefficient (Wildman–Crippen LogP) is 2.37. The summed E-state index contributed by atoms with van der Waals surface area (Å²) < 4.78 is 10.2. The molecule has 1 aliphatic rings. The fourth-order valence-electron chi connectivity index (χ4n) is 2.63. The molecule has 1 fully saturated rings. The highest BCUT2D eigenvalue weighted by Gasteiger charge is 2.27. The summed E-state index contributed by atoms with van der Waals surface area (Å²) in [5.74, 6) is -0.904. The van der Waals surface area contributed by atoms with Crippen LogP contribution < -0.4 is 0 Å². The van der Waals surface area contributed by atoms with Crippen molar-refractivity contribution in [3.05, 3.63) is 53.2 Å². The Morgan fingerprint density at radius 1 is 1.26 bits per heavy atom. The molecule has 2 heterocycles. The Balaban J connectivity index is 1.63. The van der Waals surface area contributed by atoms with Gasteiger partial charge in [-0.15, -0.1) is 0 Å². The Labute approximate surface area is 160 Å². The SMILES string of the molecule is CCOC(=O)/C=C1\SCC(=O)N1CCOC(=O)c1cccc2cccnc12. The number of pyridine rings is 1. The second-order valence-corrected chi connectivity index (χ2v) is 6.58. The lowest BCUT2D eigenvalue weighted by atomic mass is 10.1. The van der Waals surface area contributed by atoms with Crippen LogP contribution in [0.4, 0.5) is 0 Å². The molecule has 0 atom stereocenters. The van der Waals surface area contributed by atoms with Crippen molar-refractivity contribution in [2.45, 2.75) is 6.92 Å². The molecule has 1 saturated heterocycles. The summed E-state index contributed by atoms with van der Waals surface area (Å²) in [6.07, 6.45) is 2.90. The van der Waals surface area contributed by atoms with Crippen LogP contribution in [0.5, 0.6) is 0 Å². The molecule has 1 aromatic carbocycles. The van der Waals surface area contributed by atoms with Crippen LogP contribution in [-0.2, 0) is 19.1 Å². The molecule has 0 unspecified atom stereocenters. The number of carbonyl (C=O) groups excluding carboxylic acids is 3. The summed E-state index contributed by atoms with van der Waals surface area (Å²) >= 11 is 1.26. The fraction of sp³-hybridized carbons (Fsp3) is 0.263. The summed E-state index contributed by atoms with van der Waals surface area (Å²) in [4.78, 5) is 41.7. The molecule has 140 valence electrons. The van der Waals surface area contributed by atoms with Gasteiger partial charge in [0.2, 0.25) is 5.91 Å². The summed E-state index contributed by atoms with van der Waals surface area (Å²) in [5.41, 5.74) is 0.943. The van der Waals surface area contributed by atoms with Gasteiger partial charge in [0, 0.05) is 11.6 Å². The van der Waals surface area contributed by atoms with Crippen molar-refractivity contribution in [2.75, 3.05) is 25.5 Å². The van der Waals surface area contributed by atoms with E-state index in [0.717, 1.165) is 5.39 Å². The van der Waals surface area contributed by atoms with Gasteiger partial charge in [0.15, 0.2) is 0 Å². The first-order chi connectivity index (χ1) is 13.1. The molecule has 1 amide bonds. The molecule has 3 rings (SSSR count). The monoisotopic (exact) mass is 386 g/mol. The Kier molecular flexibility index (Phi) is 6.08. The second kappa shape index (κ2) is 8.68. The van der Waals surface area contributed by atoms with Gasteiger partial charge in [-0.3, -0.25) is 9.78 Å². The highest BCUT2D eigenvalue weighted by Crippen LogP contribution is 2.28. The number of benzene rings is 1. The number of ether oxygens (including phenoxy) is 2. The lowest BCUT2D eigenvalue weighted by molar-refractivity contribution is -0.137. The van der Waals surface area contributed by atoms with Crippen molar-refractivity contribution in [1.82, 2.24) is 9.88 Å². The van der Waals surface area contributed by atoms with Crippen LogP contribution in [0, 0.1) is 0 Å². The van der Waals surface area contributed by atoms with Gasteiger partial charge in [-0.2, -0.15) is 0 Å². The highest BCUT2D eigenvalue weighted by molar-refractivity contribution is 8.04. The van der Waals surface area contributed by atoms with Crippen molar-refractivity contribution in [1.29, 1.82) is 0 Å². The average molecular weight is 386 g/mol. The van der Waals surface area contributed by atoms with E-state index in [0.29, 0.717) is 16.1 Å². The minimum absolute atomic E-state index is 0.00845. The first-order valence-electron chi connectivity index (χ1n) is 8.42. The van der Waals surface area contributed by atoms with Crippen LogP contribution in [0.15, 0.2) is 47.6 Å². The lowest BCUT2D eigenvalue weighted by Crippen LogP contribution is -2.29. The highest BCUT2D eigenvalue weighted by atomic mass is 32.2. The van der Waals surface area contributed by atoms with Gasteiger partial charge in [-0.25, -0.2) is 9.59 Å². The van der Waals surface area contributed by atoms with E-state index in [-0.39, 0.29) is 31.4 Å². The zero-order valence-electron chi connectivity index (χ0n) is 14.7. The van der Waals surface area contributed by atoms with Gasteiger partial charge in [-0.05, 0) is 19.1 Å². The lowest BCUT2D eigenvalue weighted by Gasteiger charge is -2.17. The maximum Gasteiger partial charge on any atom is 0.340 e. The van der Waals surface area contributed by atoms with E-state index >= 15 is 0 Å². The molecule has 0 spiro atoms. The molecule has 8 heteroatoms. The largest absolute Gasteiger partial charge is 0.463 e. The summed E-state index contributed by atoms with van der Waals surface area (Å²) in [6, 6.07) is 8.95. The van der Waals surface area contributed by atoms with Gasteiger partial charge in [0.25, 0.3) is 0 Å². The number of para-hydroxylation sites is 1. The average Bonchev–Trinajstić information content (AvgIpc) is 3.01. The molecule has 1 aromatic heterocycles. The Morgan fingerprint density at radius 2 is 2.07 bits per heavy atom. The Hall–Kier alpha value is -2.87. The Bertz CT molecular complexity index is 907. The van der Waals surface area contributed by atoms with Crippen LogP contribution in [0.25, 0.3) is 10.9 Å². The Morgan fingerprint density at radius 3 is 2.89 bits per heavy atom. The smallest absolute Gasteiger partial charge is 0.340 e. The van der Waals surface area contributed by atoms with Crippen molar-refractivity contribution in [2.24, 2.45) is 0 Å². The number of thioether (sulfide) groups is 1. The molecule has 2 aromatic rings. The quantitative estimate of drug-likeness (QED) is 0.556. The van der Waals surface area contributed by atoms with Crippen LogP contribution in [0.3, 0.4) is 0 Å². The van der Waals surface area contributed by atoms with E-state index < -0.39 is 11.9 Å². The standard InChI is InChI=1S/C19H18N2O5S/c1-2-25-17(23)11-16-21(15(22)12-27-16)9-10-26-19(24)14-7-3-5-13-6-4-8-20-18(13)14/h3-8,11H,2,9-10,12H2,1H3/b16-11-. The van der Waals surface area contributed by atoms with Gasteiger partial charge in [0.05, 0.1) is 41.1 Å². The number of esters is 2. The number of hydrogen-bond donors (Lipinski definition) is 0. The van der Waals surface area contributed by atoms with E-state index in [9.17, 15) is 14.4 Å². The summed E-state index contributed by atoms with van der Waals surface area (Å²) in [5, 5.41) is 1.35. The topological polar surface area (TPSA) is 85.8 Å². The van der Waals surface area contributed by atoms with Gasteiger partial charge >= 0.3 is 11.9 Å². The fourth-order valence-corrected chi connectivity index (χ4v) is 3.59. The first-order valence-corrected chi connectivity index (χ1v) is 9.41. The molecule has 0 bridgehead atoms. The van der Waals surface area contributed by atoms with Gasteiger partial charge in [0.1, 0.15) is 6.61 Å². The number of aromatic nitrogens is 1. The number of nitrogens with zero attached hydrogens (tertiary/aromatic N) is 2. The first kappa shape index (κ1) is 18.9. The van der Waals surface area contributed by atoms with E-state index in [4.69, 9.17) is 9.47 Å². The van der Waals surface area contributed by atoms with E-state index in [1.165, 1.54) is 22.7 Å². The van der Waals surface area contributed by atoms with Crippen LogP contribution in [0.2, 0.25) is 0 Å². The molecule has 27 heavy (non-hydrogen) atoms. The third kappa shape index (κ3) is 4.46. The van der Waals surface area contributed by atoms with E-state index in [1.807, 2.05) is 12.1 Å². The van der Waals surface area contributed by atoms with Crippen LogP contribution in [-0.4, -0.2) is 53.2 Å². The number of hydrogen-bond acceptors (Lipinski definition) is 7. The van der Waals surface area contributed by atoms with Gasteiger partial charge in [-0.1, -0.05) is 30.0 Å². The summed E-state index contributed by atoms with van der Waals surface area (Å²) in [6.45, 7) is 2.15. The molecular weight excluding hydrogens is 368 g/mol. The summed E-state index contributed by atoms with van der Waals surface area (Å²) in [7, 11) is 0. The zero-order chi connectivity index (χ0) is 19.2. The third-order valence-electron chi connectivity index (χ3n) is 3.84. The third-order valence-corrected chi connectivity index (χ3v) is 4.86. The number of rotatable bonds is 6.